The highest BCUT2D eigenvalue weighted by molar-refractivity contribution is 5.71. The summed E-state index contributed by atoms with van der Waals surface area (Å²) in [6, 6.07) is 0. The van der Waals surface area contributed by atoms with Gasteiger partial charge in [-0.05, 0) is 89.9 Å². The first-order valence-electron chi connectivity index (χ1n) is 24.4. The number of ether oxygens (including phenoxy) is 3. The van der Waals surface area contributed by atoms with Crippen molar-refractivity contribution in [2.45, 2.75) is 207 Å². The van der Waals surface area contributed by atoms with Gasteiger partial charge in [-0.3, -0.25) is 14.4 Å². The van der Waals surface area contributed by atoms with E-state index in [1.54, 1.807) is 0 Å². The Balaban J connectivity index is 4.54. The molecule has 0 N–H and O–H groups in total. The van der Waals surface area contributed by atoms with Crippen molar-refractivity contribution in [3.8, 4) is 0 Å². The van der Waals surface area contributed by atoms with E-state index in [2.05, 4.69) is 118 Å². The van der Waals surface area contributed by atoms with Gasteiger partial charge in [0.1, 0.15) is 13.2 Å². The monoisotopic (exact) mass is 845 g/mol. The van der Waals surface area contributed by atoms with E-state index in [4.69, 9.17) is 14.2 Å². The first-order chi connectivity index (χ1) is 30.0. The summed E-state index contributed by atoms with van der Waals surface area (Å²) in [7, 11) is 0. The second-order valence-electron chi connectivity index (χ2n) is 15.6. The van der Waals surface area contributed by atoms with Crippen molar-refractivity contribution < 1.29 is 28.6 Å². The summed E-state index contributed by atoms with van der Waals surface area (Å²) < 4.78 is 16.6. The van der Waals surface area contributed by atoms with E-state index in [1.165, 1.54) is 57.8 Å². The Kier molecular flexibility index (Phi) is 45.6. The summed E-state index contributed by atoms with van der Waals surface area (Å²) in [5, 5.41) is 0. The van der Waals surface area contributed by atoms with E-state index in [0.717, 1.165) is 89.9 Å². The molecule has 6 nitrogen and oxygen atoms in total. The second-order valence-corrected chi connectivity index (χ2v) is 15.6. The fourth-order valence-electron chi connectivity index (χ4n) is 6.19. The van der Waals surface area contributed by atoms with E-state index in [-0.39, 0.29) is 44.0 Å². The van der Waals surface area contributed by atoms with Gasteiger partial charge < -0.3 is 14.2 Å². The molecule has 0 fully saturated rings. The normalized spacial score (nSPS) is 13.0. The lowest BCUT2D eigenvalue weighted by Crippen LogP contribution is -2.30. The van der Waals surface area contributed by atoms with Crippen molar-refractivity contribution >= 4 is 17.9 Å². The van der Waals surface area contributed by atoms with Crippen molar-refractivity contribution in [1.29, 1.82) is 0 Å². The van der Waals surface area contributed by atoms with Gasteiger partial charge in [0.25, 0.3) is 0 Å². The van der Waals surface area contributed by atoms with Crippen LogP contribution in [0.3, 0.4) is 0 Å². The Bertz CT molecular complexity index is 1290. The molecule has 0 aliphatic carbocycles. The molecule has 1 unspecified atom stereocenters. The Morgan fingerprint density at radius 1 is 0.344 bits per heavy atom. The summed E-state index contributed by atoms with van der Waals surface area (Å²) in [6.07, 6.45) is 65.2. The Hall–Kier alpha value is -3.93. The number of hydrogen-bond donors (Lipinski definition) is 0. The molecule has 344 valence electrons. The molecular formula is C55H88O6. The molecule has 1 atom stereocenters. The molecule has 0 saturated carbocycles. The van der Waals surface area contributed by atoms with Gasteiger partial charge in [-0.25, -0.2) is 0 Å². The Morgan fingerprint density at radius 3 is 1.10 bits per heavy atom. The van der Waals surface area contributed by atoms with Crippen LogP contribution in [0.1, 0.15) is 201 Å². The molecule has 0 aromatic carbocycles. The van der Waals surface area contributed by atoms with Crippen LogP contribution >= 0.6 is 0 Å². The third kappa shape index (κ3) is 47.0. The van der Waals surface area contributed by atoms with E-state index in [0.29, 0.717) is 19.3 Å². The van der Waals surface area contributed by atoms with E-state index < -0.39 is 6.10 Å². The standard InChI is InChI=1S/C55H88O6/c1-4-7-10-13-16-19-22-25-26-27-28-29-30-31-34-36-39-42-45-48-54(57)60-51-52(61-55(58)49-46-43-40-37-33-24-21-18-15-12-9-6-3)50-59-53(56)47-44-41-38-35-32-23-20-17-14-11-8-5-2/h7,9-10,12,16,18-19,21,25-26,28-29,31,33-34,37,39,42,52H,4-6,8,11,13-15,17,20,22-24,27,30,32,35-36,38,40-41,43-51H2,1-3H3/b10-7-,12-9-,19-16-,21-18-,26-25-,29-28-,34-31-,37-33-,42-39-. The van der Waals surface area contributed by atoms with Gasteiger partial charge in [-0.2, -0.15) is 0 Å². The van der Waals surface area contributed by atoms with Gasteiger partial charge in [-0.1, -0.05) is 201 Å². The van der Waals surface area contributed by atoms with Crippen LogP contribution in [0.4, 0.5) is 0 Å². The fourth-order valence-corrected chi connectivity index (χ4v) is 6.19. The van der Waals surface area contributed by atoms with Crippen LogP contribution in [-0.2, 0) is 28.6 Å². The predicted octanol–water partition coefficient (Wildman–Crippen LogP) is 16.0. The van der Waals surface area contributed by atoms with Gasteiger partial charge in [0.2, 0.25) is 0 Å². The van der Waals surface area contributed by atoms with Crippen molar-refractivity contribution in [1.82, 2.24) is 0 Å². The Labute approximate surface area is 374 Å². The van der Waals surface area contributed by atoms with Crippen LogP contribution in [-0.4, -0.2) is 37.2 Å². The number of allylic oxidation sites excluding steroid dienone is 18. The molecule has 0 aliphatic rings. The van der Waals surface area contributed by atoms with Crippen molar-refractivity contribution in [3.05, 3.63) is 109 Å². The zero-order valence-electron chi connectivity index (χ0n) is 39.1. The minimum atomic E-state index is -0.827. The number of esters is 3. The molecular weight excluding hydrogens is 757 g/mol. The molecule has 0 aliphatic heterocycles. The van der Waals surface area contributed by atoms with Crippen LogP contribution in [0, 0.1) is 0 Å². The van der Waals surface area contributed by atoms with E-state index >= 15 is 0 Å². The summed E-state index contributed by atoms with van der Waals surface area (Å²) in [6.45, 7) is 6.28. The zero-order chi connectivity index (χ0) is 44.4. The lowest BCUT2D eigenvalue weighted by molar-refractivity contribution is -0.166. The van der Waals surface area contributed by atoms with Gasteiger partial charge in [0.15, 0.2) is 6.10 Å². The maximum absolute atomic E-state index is 12.7. The molecule has 0 amide bonds. The van der Waals surface area contributed by atoms with Crippen LogP contribution in [0.25, 0.3) is 0 Å². The minimum absolute atomic E-state index is 0.117. The van der Waals surface area contributed by atoms with Crippen molar-refractivity contribution in [3.63, 3.8) is 0 Å². The fraction of sp³-hybridized carbons (Fsp3) is 0.618. The first-order valence-corrected chi connectivity index (χ1v) is 24.4. The van der Waals surface area contributed by atoms with Crippen molar-refractivity contribution in [2.75, 3.05) is 13.2 Å². The molecule has 0 bridgehead atoms. The predicted molar refractivity (Wildman–Crippen MR) is 260 cm³/mol. The average Bonchev–Trinajstić information content (AvgIpc) is 3.26. The average molecular weight is 845 g/mol. The van der Waals surface area contributed by atoms with Gasteiger partial charge in [0.05, 0.1) is 0 Å². The van der Waals surface area contributed by atoms with Crippen molar-refractivity contribution in [2.24, 2.45) is 0 Å². The smallest absolute Gasteiger partial charge is 0.306 e. The highest BCUT2D eigenvalue weighted by atomic mass is 16.6. The number of carbonyl (C=O) groups excluding carboxylic acids is 3. The van der Waals surface area contributed by atoms with Gasteiger partial charge >= 0.3 is 17.9 Å². The summed E-state index contributed by atoms with van der Waals surface area (Å²) in [5.41, 5.74) is 0. The van der Waals surface area contributed by atoms with Crippen LogP contribution < -0.4 is 0 Å². The maximum atomic E-state index is 12.7. The molecule has 0 radical (unpaired) electrons. The lowest BCUT2D eigenvalue weighted by atomic mass is 10.0. The minimum Gasteiger partial charge on any atom is -0.462 e. The van der Waals surface area contributed by atoms with Crippen LogP contribution in [0.15, 0.2) is 109 Å². The third-order valence-electron chi connectivity index (χ3n) is 9.79. The number of unbranched alkanes of at least 4 members (excludes halogenated alkanes) is 13. The molecule has 0 aromatic rings. The molecule has 0 aromatic heterocycles. The van der Waals surface area contributed by atoms with E-state index in [9.17, 15) is 14.4 Å². The summed E-state index contributed by atoms with van der Waals surface area (Å²) >= 11 is 0. The highest BCUT2D eigenvalue weighted by Crippen LogP contribution is 2.13. The maximum Gasteiger partial charge on any atom is 0.306 e. The molecule has 0 heterocycles. The molecule has 0 spiro atoms. The topological polar surface area (TPSA) is 78.9 Å². The molecule has 0 rings (SSSR count). The molecule has 61 heavy (non-hydrogen) atoms. The van der Waals surface area contributed by atoms with Gasteiger partial charge in [-0.15, -0.1) is 0 Å². The SMILES string of the molecule is CC/C=C\C/C=C\C/C=C\C/C=C\C/C=C\C/C=C\CCC(=O)OCC(COC(=O)CCCCCCCCCCCCCC)OC(=O)CCCC/C=C\C/C=C\C/C=C\CC. The summed E-state index contributed by atoms with van der Waals surface area (Å²) in [5.74, 6) is -1.05. The third-order valence-corrected chi connectivity index (χ3v) is 9.79. The molecule has 6 heteroatoms. The number of carbonyl (C=O) groups is 3. The van der Waals surface area contributed by atoms with Gasteiger partial charge in [0, 0.05) is 19.3 Å². The number of rotatable bonds is 42. The lowest BCUT2D eigenvalue weighted by Gasteiger charge is -2.18. The Morgan fingerprint density at radius 2 is 0.672 bits per heavy atom. The summed E-state index contributed by atoms with van der Waals surface area (Å²) in [4.78, 5) is 37.8. The van der Waals surface area contributed by atoms with E-state index in [1.807, 2.05) is 12.2 Å². The largest absolute Gasteiger partial charge is 0.462 e. The first kappa shape index (κ1) is 57.1. The molecule has 0 saturated heterocycles. The highest BCUT2D eigenvalue weighted by Gasteiger charge is 2.19. The van der Waals surface area contributed by atoms with Crippen LogP contribution in [0.2, 0.25) is 0 Å². The second kappa shape index (κ2) is 48.7. The zero-order valence-corrected chi connectivity index (χ0v) is 39.1. The number of hydrogen-bond acceptors (Lipinski definition) is 6. The quantitative estimate of drug-likeness (QED) is 0.0264. The van der Waals surface area contributed by atoms with Crippen LogP contribution in [0.5, 0.6) is 0 Å².